The predicted octanol–water partition coefficient (Wildman–Crippen LogP) is 2.64. The molecule has 1 aliphatic heterocycles. The maximum atomic E-state index is 14.3. The van der Waals surface area contributed by atoms with Crippen molar-refractivity contribution in [3.63, 3.8) is 0 Å². The van der Waals surface area contributed by atoms with E-state index in [1.165, 1.54) is 6.07 Å². The number of carboxylic acids is 1. The van der Waals surface area contributed by atoms with E-state index in [1.54, 1.807) is 17.0 Å². The molecule has 22 heavy (non-hydrogen) atoms. The summed E-state index contributed by atoms with van der Waals surface area (Å²) in [5.41, 5.74) is 1.00. The molecule has 1 aromatic rings. The highest BCUT2D eigenvalue weighted by Crippen LogP contribution is 2.51. The van der Waals surface area contributed by atoms with Gasteiger partial charge in [0.1, 0.15) is 5.82 Å². The molecule has 2 N–H and O–H groups in total. The van der Waals surface area contributed by atoms with Gasteiger partial charge in [-0.3, -0.25) is 9.69 Å². The van der Waals surface area contributed by atoms with Crippen molar-refractivity contribution in [3.05, 3.63) is 29.6 Å². The van der Waals surface area contributed by atoms with Crippen LogP contribution in [0, 0.1) is 5.82 Å². The summed E-state index contributed by atoms with van der Waals surface area (Å²) in [5.74, 6) is -1.21. The minimum Gasteiger partial charge on any atom is -0.481 e. The lowest BCUT2D eigenvalue weighted by atomic mass is 9.80. The minimum absolute atomic E-state index is 0.0717. The molecular weight excluding hydrogens is 287 g/mol. The first kappa shape index (κ1) is 14.8. The molecule has 0 radical (unpaired) electrons. The number of nitrogens with one attached hydrogen (secondary N) is 1. The van der Waals surface area contributed by atoms with Crippen LogP contribution in [0.3, 0.4) is 0 Å². The number of aliphatic carboxylic acids is 1. The van der Waals surface area contributed by atoms with Crippen molar-refractivity contribution < 1.29 is 19.1 Å². The number of nitrogens with zero attached hydrogens (tertiary/aromatic N) is 1. The van der Waals surface area contributed by atoms with Crippen LogP contribution in [-0.2, 0) is 10.2 Å². The molecule has 1 aromatic carbocycles. The predicted molar refractivity (Wildman–Crippen MR) is 79.5 cm³/mol. The average Bonchev–Trinajstić information content (AvgIpc) is 3.06. The molecule has 3 rings (SSSR count). The molecule has 1 heterocycles. The van der Waals surface area contributed by atoms with Gasteiger partial charge >= 0.3 is 12.0 Å². The number of carbonyl (C=O) groups is 2. The highest BCUT2D eigenvalue weighted by molar-refractivity contribution is 5.95. The number of hydrogen-bond acceptors (Lipinski definition) is 2. The van der Waals surface area contributed by atoms with Crippen LogP contribution in [0.4, 0.5) is 14.9 Å². The fourth-order valence-electron chi connectivity index (χ4n) is 3.74. The Morgan fingerprint density at radius 3 is 2.73 bits per heavy atom. The van der Waals surface area contributed by atoms with E-state index in [4.69, 9.17) is 5.11 Å². The van der Waals surface area contributed by atoms with Gasteiger partial charge in [0.15, 0.2) is 0 Å². The Hall–Kier alpha value is -2.11. The third-order valence-corrected chi connectivity index (χ3v) is 4.69. The lowest BCUT2D eigenvalue weighted by Gasteiger charge is -2.24. The largest absolute Gasteiger partial charge is 0.481 e. The van der Waals surface area contributed by atoms with Crippen LogP contribution in [0.25, 0.3) is 0 Å². The molecule has 2 amide bonds. The number of carbonyl (C=O) groups excluding carboxylic acids is 1. The molecule has 1 saturated carbocycles. The molecule has 118 valence electrons. The van der Waals surface area contributed by atoms with Crippen molar-refractivity contribution in [2.24, 2.45) is 0 Å². The van der Waals surface area contributed by atoms with Crippen LogP contribution in [0.5, 0.6) is 0 Å². The van der Waals surface area contributed by atoms with Crippen molar-refractivity contribution in [1.29, 1.82) is 0 Å². The Bertz CT molecular complexity index is 611. The fraction of sp³-hybridized carbons (Fsp3) is 0.500. The normalized spacial score (nSPS) is 18.5. The first-order valence-electron chi connectivity index (χ1n) is 7.60. The van der Waals surface area contributed by atoms with Crippen molar-refractivity contribution in [1.82, 2.24) is 5.32 Å². The van der Waals surface area contributed by atoms with Crippen LogP contribution in [0.15, 0.2) is 18.2 Å². The summed E-state index contributed by atoms with van der Waals surface area (Å²) in [5, 5.41) is 11.2. The summed E-state index contributed by atoms with van der Waals surface area (Å²) in [6.45, 7) is 0.546. The Balaban J connectivity index is 1.84. The lowest BCUT2D eigenvalue weighted by molar-refractivity contribution is -0.136. The van der Waals surface area contributed by atoms with E-state index in [1.807, 2.05) is 0 Å². The molecule has 1 spiro atoms. The number of urea groups is 1. The fourth-order valence-corrected chi connectivity index (χ4v) is 3.74. The van der Waals surface area contributed by atoms with Gasteiger partial charge < -0.3 is 10.4 Å². The summed E-state index contributed by atoms with van der Waals surface area (Å²) >= 11 is 0. The quantitative estimate of drug-likeness (QED) is 0.902. The summed E-state index contributed by atoms with van der Waals surface area (Å²) < 4.78 is 14.3. The molecule has 0 saturated heterocycles. The second kappa shape index (κ2) is 5.59. The zero-order valence-electron chi connectivity index (χ0n) is 12.3. The number of carboxylic acid groups (broad SMARTS) is 1. The first-order chi connectivity index (χ1) is 10.5. The van der Waals surface area contributed by atoms with Crippen LogP contribution in [0.1, 0.15) is 37.7 Å². The Kier molecular flexibility index (Phi) is 3.76. The van der Waals surface area contributed by atoms with Crippen LogP contribution >= 0.6 is 0 Å². The SMILES string of the molecule is O=C(O)CCNC(=O)N1CC2(CCCC2)c2c(F)cccc21. The second-order valence-electron chi connectivity index (χ2n) is 6.08. The molecule has 0 bridgehead atoms. The highest BCUT2D eigenvalue weighted by Gasteiger charge is 2.47. The first-order valence-corrected chi connectivity index (χ1v) is 7.60. The van der Waals surface area contributed by atoms with Gasteiger partial charge in [-0.05, 0) is 25.0 Å². The van der Waals surface area contributed by atoms with Crippen LogP contribution < -0.4 is 10.2 Å². The third-order valence-electron chi connectivity index (χ3n) is 4.69. The molecule has 5 nitrogen and oxygen atoms in total. The summed E-state index contributed by atoms with van der Waals surface area (Å²) in [6.07, 6.45) is 3.74. The van der Waals surface area contributed by atoms with E-state index in [2.05, 4.69) is 5.32 Å². The average molecular weight is 306 g/mol. The number of anilines is 1. The number of fused-ring (bicyclic) bond motifs is 2. The molecular formula is C16H19FN2O3. The number of rotatable bonds is 3. The van der Waals surface area contributed by atoms with Crippen molar-refractivity contribution in [2.45, 2.75) is 37.5 Å². The Morgan fingerprint density at radius 1 is 1.32 bits per heavy atom. The minimum atomic E-state index is -0.958. The Labute approximate surface area is 128 Å². The second-order valence-corrected chi connectivity index (χ2v) is 6.08. The van der Waals surface area contributed by atoms with Gasteiger partial charge in [0, 0.05) is 24.1 Å². The highest BCUT2D eigenvalue weighted by atomic mass is 19.1. The molecule has 2 aliphatic rings. The third kappa shape index (κ3) is 2.42. The number of hydrogen-bond donors (Lipinski definition) is 2. The monoisotopic (exact) mass is 306 g/mol. The van der Waals surface area contributed by atoms with Crippen LogP contribution in [0.2, 0.25) is 0 Å². The van der Waals surface area contributed by atoms with Gasteiger partial charge in [-0.25, -0.2) is 9.18 Å². The maximum absolute atomic E-state index is 14.3. The zero-order valence-corrected chi connectivity index (χ0v) is 12.3. The van der Waals surface area contributed by atoms with E-state index in [9.17, 15) is 14.0 Å². The summed E-state index contributed by atoms with van der Waals surface area (Å²) in [7, 11) is 0. The molecule has 1 fully saturated rings. The molecule has 0 unspecified atom stereocenters. The van der Waals surface area contributed by atoms with E-state index in [-0.39, 0.29) is 30.2 Å². The summed E-state index contributed by atoms with van der Waals surface area (Å²) in [4.78, 5) is 24.4. The Morgan fingerprint density at radius 2 is 2.05 bits per heavy atom. The molecule has 1 aliphatic carbocycles. The van der Waals surface area contributed by atoms with Gasteiger partial charge in [-0.1, -0.05) is 18.9 Å². The maximum Gasteiger partial charge on any atom is 0.321 e. The van der Waals surface area contributed by atoms with E-state index in [0.717, 1.165) is 25.7 Å². The number of amides is 2. The van der Waals surface area contributed by atoms with Gasteiger partial charge in [-0.15, -0.1) is 0 Å². The van der Waals surface area contributed by atoms with Gasteiger partial charge in [0.25, 0.3) is 0 Å². The van der Waals surface area contributed by atoms with E-state index < -0.39 is 5.97 Å². The van der Waals surface area contributed by atoms with E-state index >= 15 is 0 Å². The molecule has 0 aromatic heterocycles. The topological polar surface area (TPSA) is 69.6 Å². The van der Waals surface area contributed by atoms with Gasteiger partial charge in [-0.2, -0.15) is 0 Å². The zero-order chi connectivity index (χ0) is 15.7. The number of halogens is 1. The van der Waals surface area contributed by atoms with Crippen molar-refractivity contribution in [2.75, 3.05) is 18.0 Å². The van der Waals surface area contributed by atoms with Gasteiger partial charge in [0.05, 0.1) is 12.1 Å². The lowest BCUT2D eigenvalue weighted by Crippen LogP contribution is -2.42. The van der Waals surface area contributed by atoms with Gasteiger partial charge in [0.2, 0.25) is 0 Å². The smallest absolute Gasteiger partial charge is 0.321 e. The number of benzene rings is 1. The summed E-state index contributed by atoms with van der Waals surface area (Å²) in [6, 6.07) is 4.48. The van der Waals surface area contributed by atoms with Crippen molar-refractivity contribution in [3.8, 4) is 0 Å². The standard InChI is InChI=1S/C16H19FN2O3/c17-11-4-3-5-12-14(11)16(7-1-2-8-16)10-19(12)15(22)18-9-6-13(20)21/h3-5H,1-2,6-10H2,(H,18,22)(H,20,21). The molecule has 6 heteroatoms. The van der Waals surface area contributed by atoms with Crippen molar-refractivity contribution >= 4 is 17.7 Å². The van der Waals surface area contributed by atoms with Crippen LogP contribution in [-0.4, -0.2) is 30.2 Å². The van der Waals surface area contributed by atoms with E-state index in [0.29, 0.717) is 17.8 Å². The molecule has 0 atom stereocenters.